The second-order valence-electron chi connectivity index (χ2n) is 4.35. The molecule has 0 amide bonds. The molecule has 3 heteroatoms. The van der Waals surface area contributed by atoms with Crippen LogP contribution in [0.2, 0.25) is 0 Å². The molecule has 1 fully saturated rings. The number of thioether (sulfide) groups is 1. The summed E-state index contributed by atoms with van der Waals surface area (Å²) in [7, 11) is 0. The number of nitrogens with one attached hydrogen (secondary N) is 1. The Labute approximate surface area is 86.5 Å². The second kappa shape index (κ2) is 4.67. The van der Waals surface area contributed by atoms with Crippen LogP contribution < -0.4 is 5.32 Å². The fourth-order valence-electron chi connectivity index (χ4n) is 1.85. The standard InChI is InChI=1S/C10H22N2S/c1-9(2)13-10(3,4)12-7-5-11-6-8-12/h9,11H,5-8H2,1-4H3. The van der Waals surface area contributed by atoms with E-state index in [1.54, 1.807) is 0 Å². The van der Waals surface area contributed by atoms with Crippen molar-refractivity contribution in [2.45, 2.75) is 37.8 Å². The lowest BCUT2D eigenvalue weighted by molar-refractivity contribution is 0.172. The van der Waals surface area contributed by atoms with Gasteiger partial charge in [-0.2, -0.15) is 0 Å². The first-order valence-corrected chi connectivity index (χ1v) is 6.04. The molecule has 0 aliphatic carbocycles. The van der Waals surface area contributed by atoms with Gasteiger partial charge in [0.1, 0.15) is 0 Å². The molecule has 0 aromatic carbocycles. The second-order valence-corrected chi connectivity index (χ2v) is 6.53. The third kappa shape index (κ3) is 3.49. The van der Waals surface area contributed by atoms with Crippen molar-refractivity contribution >= 4 is 11.8 Å². The highest BCUT2D eigenvalue weighted by Gasteiger charge is 2.28. The van der Waals surface area contributed by atoms with Crippen LogP contribution in [0.5, 0.6) is 0 Å². The molecule has 0 aromatic heterocycles. The average molecular weight is 202 g/mol. The van der Waals surface area contributed by atoms with Crippen molar-refractivity contribution in [3.63, 3.8) is 0 Å². The molecule has 1 rings (SSSR count). The van der Waals surface area contributed by atoms with Crippen LogP contribution in [0.1, 0.15) is 27.7 Å². The molecule has 0 atom stereocenters. The molecule has 0 radical (unpaired) electrons. The van der Waals surface area contributed by atoms with E-state index in [2.05, 4.69) is 49.7 Å². The summed E-state index contributed by atoms with van der Waals surface area (Å²) in [5.74, 6) is 0. The first-order chi connectivity index (χ1) is 6.02. The van der Waals surface area contributed by atoms with Gasteiger partial charge >= 0.3 is 0 Å². The van der Waals surface area contributed by atoms with Gasteiger partial charge in [0.25, 0.3) is 0 Å². The van der Waals surface area contributed by atoms with Gasteiger partial charge in [-0.25, -0.2) is 0 Å². The minimum absolute atomic E-state index is 0.302. The summed E-state index contributed by atoms with van der Waals surface area (Å²) in [4.78, 5) is 2.88. The molecule has 1 heterocycles. The number of hydrogen-bond donors (Lipinski definition) is 1. The van der Waals surface area contributed by atoms with Gasteiger partial charge in [-0.15, -0.1) is 11.8 Å². The van der Waals surface area contributed by atoms with Gasteiger partial charge in [0, 0.05) is 31.4 Å². The Balaban J connectivity index is 2.45. The van der Waals surface area contributed by atoms with Gasteiger partial charge in [-0.05, 0) is 13.8 Å². The number of hydrogen-bond acceptors (Lipinski definition) is 3. The molecule has 1 aliphatic heterocycles. The third-order valence-corrected chi connectivity index (χ3v) is 3.71. The molecule has 1 saturated heterocycles. The van der Waals surface area contributed by atoms with Crippen LogP contribution >= 0.6 is 11.8 Å². The Morgan fingerprint density at radius 1 is 1.23 bits per heavy atom. The fourth-order valence-corrected chi connectivity index (χ4v) is 3.34. The summed E-state index contributed by atoms with van der Waals surface area (Å²) < 4.78 is 0. The maximum atomic E-state index is 3.39. The van der Waals surface area contributed by atoms with Crippen LogP contribution in [0.25, 0.3) is 0 Å². The quantitative estimate of drug-likeness (QED) is 0.751. The number of rotatable bonds is 3. The third-order valence-electron chi connectivity index (χ3n) is 2.40. The molecule has 1 N–H and O–H groups in total. The molecular formula is C10H22N2S. The summed E-state index contributed by atoms with van der Waals surface area (Å²) in [6.07, 6.45) is 0. The molecule has 0 spiro atoms. The molecule has 1 aliphatic rings. The molecule has 0 saturated carbocycles. The van der Waals surface area contributed by atoms with Crippen molar-refractivity contribution < 1.29 is 0 Å². The van der Waals surface area contributed by atoms with E-state index in [0.29, 0.717) is 10.1 Å². The van der Waals surface area contributed by atoms with E-state index in [1.807, 2.05) is 0 Å². The summed E-state index contributed by atoms with van der Waals surface area (Å²) in [6, 6.07) is 0. The molecular weight excluding hydrogens is 180 g/mol. The van der Waals surface area contributed by atoms with Gasteiger partial charge < -0.3 is 5.32 Å². The SMILES string of the molecule is CC(C)SC(C)(C)N1CCNCC1. The lowest BCUT2D eigenvalue weighted by Crippen LogP contribution is -2.52. The monoisotopic (exact) mass is 202 g/mol. The zero-order valence-electron chi connectivity index (χ0n) is 9.26. The van der Waals surface area contributed by atoms with Crippen molar-refractivity contribution in [1.82, 2.24) is 10.2 Å². The van der Waals surface area contributed by atoms with E-state index in [4.69, 9.17) is 0 Å². The Bertz CT molecular complexity index is 151. The first-order valence-electron chi connectivity index (χ1n) is 5.16. The molecule has 13 heavy (non-hydrogen) atoms. The highest BCUT2D eigenvalue weighted by atomic mass is 32.2. The molecule has 2 nitrogen and oxygen atoms in total. The zero-order valence-corrected chi connectivity index (χ0v) is 10.1. The fraction of sp³-hybridized carbons (Fsp3) is 1.00. The van der Waals surface area contributed by atoms with E-state index in [-0.39, 0.29) is 0 Å². The lowest BCUT2D eigenvalue weighted by atomic mass is 10.2. The van der Waals surface area contributed by atoms with Crippen LogP contribution in [0.3, 0.4) is 0 Å². The Kier molecular flexibility index (Phi) is 4.07. The molecule has 0 unspecified atom stereocenters. The van der Waals surface area contributed by atoms with Crippen LogP contribution in [-0.4, -0.2) is 41.2 Å². The topological polar surface area (TPSA) is 15.3 Å². The van der Waals surface area contributed by atoms with Crippen molar-refractivity contribution in [2.75, 3.05) is 26.2 Å². The Morgan fingerprint density at radius 2 is 1.77 bits per heavy atom. The lowest BCUT2D eigenvalue weighted by Gasteiger charge is -2.41. The normalized spacial score (nSPS) is 21.0. The smallest absolute Gasteiger partial charge is 0.0616 e. The van der Waals surface area contributed by atoms with Gasteiger partial charge in [-0.1, -0.05) is 13.8 Å². The highest BCUT2D eigenvalue weighted by Crippen LogP contribution is 2.31. The molecule has 0 bridgehead atoms. The largest absolute Gasteiger partial charge is 0.314 e. The molecule has 0 aromatic rings. The van der Waals surface area contributed by atoms with Crippen molar-refractivity contribution in [2.24, 2.45) is 0 Å². The van der Waals surface area contributed by atoms with Gasteiger partial charge in [0.2, 0.25) is 0 Å². The Morgan fingerprint density at radius 3 is 2.23 bits per heavy atom. The van der Waals surface area contributed by atoms with E-state index >= 15 is 0 Å². The van der Waals surface area contributed by atoms with Gasteiger partial charge in [0.05, 0.1) is 4.87 Å². The predicted molar refractivity (Wildman–Crippen MR) is 61.2 cm³/mol. The van der Waals surface area contributed by atoms with Crippen molar-refractivity contribution in [3.8, 4) is 0 Å². The number of piperazine rings is 1. The maximum Gasteiger partial charge on any atom is 0.0616 e. The zero-order chi connectivity index (χ0) is 9.90. The summed E-state index contributed by atoms with van der Waals surface area (Å²) in [5, 5.41) is 4.10. The number of nitrogens with zero attached hydrogens (tertiary/aromatic N) is 1. The summed E-state index contributed by atoms with van der Waals surface area (Å²) in [5.41, 5.74) is 0. The van der Waals surface area contributed by atoms with E-state index in [9.17, 15) is 0 Å². The van der Waals surface area contributed by atoms with E-state index in [0.717, 1.165) is 13.1 Å². The van der Waals surface area contributed by atoms with Gasteiger partial charge in [0.15, 0.2) is 0 Å². The minimum Gasteiger partial charge on any atom is -0.314 e. The van der Waals surface area contributed by atoms with E-state index in [1.165, 1.54) is 13.1 Å². The van der Waals surface area contributed by atoms with Gasteiger partial charge in [-0.3, -0.25) is 4.90 Å². The molecule has 78 valence electrons. The minimum atomic E-state index is 0.302. The summed E-state index contributed by atoms with van der Waals surface area (Å²) in [6.45, 7) is 13.9. The van der Waals surface area contributed by atoms with Crippen molar-refractivity contribution in [3.05, 3.63) is 0 Å². The summed E-state index contributed by atoms with van der Waals surface area (Å²) >= 11 is 2.06. The van der Waals surface area contributed by atoms with Crippen LogP contribution in [0.15, 0.2) is 0 Å². The van der Waals surface area contributed by atoms with Crippen LogP contribution in [-0.2, 0) is 0 Å². The van der Waals surface area contributed by atoms with Crippen LogP contribution in [0, 0.1) is 0 Å². The predicted octanol–water partition coefficient (Wildman–Crippen LogP) is 1.77. The Hall–Kier alpha value is 0.270. The maximum absolute atomic E-state index is 3.39. The van der Waals surface area contributed by atoms with Crippen LogP contribution in [0.4, 0.5) is 0 Å². The first kappa shape index (κ1) is 11.3. The average Bonchev–Trinajstić information content (AvgIpc) is 2.04. The highest BCUT2D eigenvalue weighted by molar-refractivity contribution is 8.01. The van der Waals surface area contributed by atoms with E-state index < -0.39 is 0 Å². The van der Waals surface area contributed by atoms with Crippen molar-refractivity contribution in [1.29, 1.82) is 0 Å².